The molecule has 0 saturated heterocycles. The van der Waals surface area contributed by atoms with Crippen LogP contribution in [0.1, 0.15) is 11.1 Å². The normalized spacial score (nSPS) is 13.7. The van der Waals surface area contributed by atoms with E-state index in [1.165, 1.54) is 11.1 Å². The maximum atomic E-state index is 5.57. The summed E-state index contributed by atoms with van der Waals surface area (Å²) in [4.78, 5) is 0. The Labute approximate surface area is 72.1 Å². The molecule has 0 bridgehead atoms. The van der Waals surface area contributed by atoms with E-state index in [2.05, 4.69) is 24.4 Å². The van der Waals surface area contributed by atoms with Gasteiger partial charge in [-0.2, -0.15) is 0 Å². The van der Waals surface area contributed by atoms with Crippen LogP contribution in [0.15, 0.2) is 24.4 Å². The Balaban J connectivity index is 2.53. The van der Waals surface area contributed by atoms with Crippen LogP contribution >= 0.6 is 0 Å². The first-order valence-electron chi connectivity index (χ1n) is 4.03. The van der Waals surface area contributed by atoms with Crippen molar-refractivity contribution in [1.29, 1.82) is 0 Å². The van der Waals surface area contributed by atoms with E-state index < -0.39 is 0 Å². The summed E-state index contributed by atoms with van der Waals surface area (Å²) in [6.45, 7) is 2.63. The zero-order valence-electron chi connectivity index (χ0n) is 7.04. The first-order chi connectivity index (χ1) is 5.83. The molecular formula is C10H11N2. The highest BCUT2D eigenvalue weighted by Gasteiger charge is 2.14. The third-order valence-electron chi connectivity index (χ3n) is 2.15. The zero-order chi connectivity index (χ0) is 8.55. The molecule has 1 radical (unpaired) electrons. The van der Waals surface area contributed by atoms with Crippen molar-refractivity contribution >= 4 is 11.3 Å². The number of benzene rings is 1. The third kappa shape index (κ3) is 0.924. The molecule has 12 heavy (non-hydrogen) atoms. The van der Waals surface area contributed by atoms with Gasteiger partial charge < -0.3 is 5.73 Å². The van der Waals surface area contributed by atoms with Gasteiger partial charge in [0.25, 0.3) is 0 Å². The van der Waals surface area contributed by atoms with Crippen LogP contribution in [0.2, 0.25) is 0 Å². The van der Waals surface area contributed by atoms with Gasteiger partial charge in [0.1, 0.15) is 0 Å². The second kappa shape index (κ2) is 2.64. The van der Waals surface area contributed by atoms with Gasteiger partial charge in [0.05, 0.1) is 5.69 Å². The van der Waals surface area contributed by atoms with E-state index in [4.69, 9.17) is 5.73 Å². The van der Waals surface area contributed by atoms with Crippen LogP contribution in [0, 0.1) is 6.92 Å². The minimum absolute atomic E-state index is 0.569. The lowest BCUT2D eigenvalue weighted by molar-refractivity contribution is 1.18. The summed E-state index contributed by atoms with van der Waals surface area (Å²) < 4.78 is 0. The second-order valence-electron chi connectivity index (χ2n) is 2.96. The molecule has 0 atom stereocenters. The molecule has 0 fully saturated rings. The van der Waals surface area contributed by atoms with Gasteiger partial charge >= 0.3 is 0 Å². The largest absolute Gasteiger partial charge is 0.326 e. The number of nitrogens with two attached hydrogens (primary N) is 1. The number of aryl methyl sites for hydroxylation is 1. The molecule has 1 aliphatic heterocycles. The van der Waals surface area contributed by atoms with Gasteiger partial charge in [-0.1, -0.05) is 18.2 Å². The number of rotatable bonds is 1. The van der Waals surface area contributed by atoms with Gasteiger partial charge in [-0.05, 0) is 18.1 Å². The van der Waals surface area contributed by atoms with Gasteiger partial charge in [-0.25, -0.2) is 0 Å². The molecular weight excluding hydrogens is 148 g/mol. The molecule has 0 unspecified atom stereocenters. The van der Waals surface area contributed by atoms with E-state index in [1.807, 2.05) is 12.3 Å². The van der Waals surface area contributed by atoms with Crippen molar-refractivity contribution in [2.24, 2.45) is 5.73 Å². The molecule has 0 spiro atoms. The predicted molar refractivity (Wildman–Crippen MR) is 50.0 cm³/mol. The zero-order valence-corrected chi connectivity index (χ0v) is 7.04. The lowest BCUT2D eigenvalue weighted by atomic mass is 10.0. The summed E-state index contributed by atoms with van der Waals surface area (Å²) in [5.41, 5.74) is 10.2. The van der Waals surface area contributed by atoms with Crippen LogP contribution in [0.4, 0.5) is 5.69 Å². The Morgan fingerprint density at radius 1 is 1.42 bits per heavy atom. The summed E-state index contributed by atoms with van der Waals surface area (Å²) in [5.74, 6) is 0. The SMILES string of the molecule is Cc1cccc2c1[N]C=C2CN. The van der Waals surface area contributed by atoms with E-state index in [0.717, 1.165) is 11.3 Å². The molecule has 1 heterocycles. The number of fused-ring (bicyclic) bond motifs is 1. The molecule has 0 aliphatic carbocycles. The first kappa shape index (κ1) is 7.37. The summed E-state index contributed by atoms with van der Waals surface area (Å²) in [7, 11) is 0. The van der Waals surface area contributed by atoms with Crippen LogP contribution in [0.5, 0.6) is 0 Å². The molecule has 0 amide bonds. The van der Waals surface area contributed by atoms with E-state index in [1.54, 1.807) is 0 Å². The molecule has 2 N–H and O–H groups in total. The van der Waals surface area contributed by atoms with Crippen molar-refractivity contribution in [3.8, 4) is 0 Å². The molecule has 0 saturated carbocycles. The summed E-state index contributed by atoms with van der Waals surface area (Å²) >= 11 is 0. The fourth-order valence-electron chi connectivity index (χ4n) is 1.46. The van der Waals surface area contributed by atoms with Crippen molar-refractivity contribution in [2.75, 3.05) is 6.54 Å². The van der Waals surface area contributed by atoms with Gasteiger partial charge in [-0.3, -0.25) is 5.32 Å². The monoisotopic (exact) mass is 159 g/mol. The number of para-hydroxylation sites is 1. The fourth-order valence-corrected chi connectivity index (χ4v) is 1.46. The average molecular weight is 159 g/mol. The van der Waals surface area contributed by atoms with Gasteiger partial charge in [0.15, 0.2) is 0 Å². The predicted octanol–water partition coefficient (Wildman–Crippen LogP) is 1.54. The minimum Gasteiger partial charge on any atom is -0.326 e. The Bertz CT molecular complexity index is 340. The summed E-state index contributed by atoms with van der Waals surface area (Å²) in [6, 6.07) is 6.17. The first-order valence-corrected chi connectivity index (χ1v) is 4.03. The van der Waals surface area contributed by atoms with Crippen LogP contribution in [0.3, 0.4) is 0 Å². The van der Waals surface area contributed by atoms with Crippen molar-refractivity contribution in [3.63, 3.8) is 0 Å². The topological polar surface area (TPSA) is 40.1 Å². The van der Waals surface area contributed by atoms with Crippen LogP contribution in [0.25, 0.3) is 5.57 Å². The molecule has 2 rings (SSSR count). The minimum atomic E-state index is 0.569. The van der Waals surface area contributed by atoms with Gasteiger partial charge in [-0.15, -0.1) is 0 Å². The number of hydrogen-bond donors (Lipinski definition) is 1. The van der Waals surface area contributed by atoms with E-state index in [-0.39, 0.29) is 0 Å². The van der Waals surface area contributed by atoms with Crippen LogP contribution in [-0.4, -0.2) is 6.54 Å². The molecule has 0 aromatic heterocycles. The molecule has 61 valence electrons. The maximum Gasteiger partial charge on any atom is 0.0735 e. The molecule has 1 aromatic carbocycles. The Kier molecular flexibility index (Phi) is 1.62. The Morgan fingerprint density at radius 3 is 3.00 bits per heavy atom. The average Bonchev–Trinajstić information content (AvgIpc) is 2.49. The van der Waals surface area contributed by atoms with Crippen LogP contribution in [-0.2, 0) is 0 Å². The van der Waals surface area contributed by atoms with E-state index >= 15 is 0 Å². The summed E-state index contributed by atoms with van der Waals surface area (Å²) in [5, 5.41) is 4.31. The standard InChI is InChI=1S/C10H11N2/c1-7-3-2-4-9-8(5-11)6-12-10(7)9/h2-4,6H,5,11H2,1H3. The lowest BCUT2D eigenvalue weighted by Gasteiger charge is -2.03. The molecule has 2 heteroatoms. The highest BCUT2D eigenvalue weighted by molar-refractivity contribution is 5.81. The number of nitrogens with zero attached hydrogens (tertiary/aromatic N) is 1. The van der Waals surface area contributed by atoms with Crippen molar-refractivity contribution < 1.29 is 0 Å². The van der Waals surface area contributed by atoms with Crippen molar-refractivity contribution in [1.82, 2.24) is 5.32 Å². The van der Waals surface area contributed by atoms with E-state index in [9.17, 15) is 0 Å². The smallest absolute Gasteiger partial charge is 0.0735 e. The lowest BCUT2D eigenvalue weighted by Crippen LogP contribution is -1.99. The van der Waals surface area contributed by atoms with Crippen molar-refractivity contribution in [3.05, 3.63) is 35.5 Å². The highest BCUT2D eigenvalue weighted by Crippen LogP contribution is 2.31. The van der Waals surface area contributed by atoms with E-state index in [0.29, 0.717) is 6.54 Å². The summed E-state index contributed by atoms with van der Waals surface area (Å²) in [6.07, 6.45) is 1.86. The van der Waals surface area contributed by atoms with Crippen LogP contribution < -0.4 is 11.1 Å². The Hall–Kier alpha value is -1.28. The number of hydrogen-bond acceptors (Lipinski definition) is 1. The quantitative estimate of drug-likeness (QED) is 0.663. The van der Waals surface area contributed by atoms with Gasteiger partial charge in [0.2, 0.25) is 0 Å². The third-order valence-corrected chi connectivity index (χ3v) is 2.15. The highest BCUT2D eigenvalue weighted by atomic mass is 14.9. The second-order valence-corrected chi connectivity index (χ2v) is 2.96. The molecule has 1 aliphatic rings. The fraction of sp³-hybridized carbons (Fsp3) is 0.200. The molecule has 2 nitrogen and oxygen atoms in total. The Morgan fingerprint density at radius 2 is 2.25 bits per heavy atom. The maximum absolute atomic E-state index is 5.57. The van der Waals surface area contributed by atoms with Crippen molar-refractivity contribution in [2.45, 2.75) is 6.92 Å². The molecule has 1 aromatic rings. The van der Waals surface area contributed by atoms with Gasteiger partial charge in [0, 0.05) is 18.3 Å².